The molecular weight excluding hydrogens is 476 g/mol. The van der Waals surface area contributed by atoms with Crippen molar-refractivity contribution in [1.29, 1.82) is 0 Å². The molecule has 200 valence electrons. The predicted molar refractivity (Wildman–Crippen MR) is 137 cm³/mol. The molecule has 9 heteroatoms. The molecule has 3 aliphatic rings. The second kappa shape index (κ2) is 10.6. The highest BCUT2D eigenvalue weighted by atomic mass is 16.6. The third kappa shape index (κ3) is 5.50. The van der Waals surface area contributed by atoms with Gasteiger partial charge >= 0.3 is 11.7 Å². The Labute approximate surface area is 217 Å². The Hall–Kier alpha value is -3.36. The van der Waals surface area contributed by atoms with Gasteiger partial charge in [-0.3, -0.25) is 14.9 Å². The van der Waals surface area contributed by atoms with E-state index in [1.165, 1.54) is 12.1 Å². The quantitative estimate of drug-likeness (QED) is 0.219. The maximum atomic E-state index is 13.7. The number of ketones is 1. The minimum Gasteiger partial charge on any atom is -0.500 e. The maximum absolute atomic E-state index is 13.7. The van der Waals surface area contributed by atoms with Crippen LogP contribution in [0.3, 0.4) is 0 Å². The summed E-state index contributed by atoms with van der Waals surface area (Å²) in [5.41, 5.74) is 1.47. The second-order valence-electron chi connectivity index (χ2n) is 11.0. The Morgan fingerprint density at radius 1 is 1.19 bits per heavy atom. The van der Waals surface area contributed by atoms with Crippen LogP contribution in [0.4, 0.5) is 5.69 Å². The first-order valence-corrected chi connectivity index (χ1v) is 13.1. The van der Waals surface area contributed by atoms with E-state index in [-0.39, 0.29) is 41.7 Å². The summed E-state index contributed by atoms with van der Waals surface area (Å²) in [4.78, 5) is 38.4. The highest BCUT2D eigenvalue weighted by Crippen LogP contribution is 2.49. The molecular formula is C28H36N2O7. The zero-order valence-corrected chi connectivity index (χ0v) is 22.0. The molecule has 4 rings (SSSR count). The zero-order chi connectivity index (χ0) is 26.9. The molecule has 2 aliphatic carbocycles. The largest absolute Gasteiger partial charge is 0.500 e. The number of ether oxygens (including phenoxy) is 2. The standard InChI is InChI=1S/C28H36N2O7/c1-5-36-22-13-17(12-20(26(22)32)30(34)35)24-23(27(33)37-18-10-8-6-7-9-11-18)16(2)29-19-14-28(3,4)15-21(31)25(19)24/h12-13,18,24,29,32H,5-11,14-15H2,1-4H3/t24-/m1/s1. The lowest BCUT2D eigenvalue weighted by molar-refractivity contribution is -0.386. The van der Waals surface area contributed by atoms with E-state index in [2.05, 4.69) is 5.32 Å². The minimum atomic E-state index is -0.878. The van der Waals surface area contributed by atoms with Crippen molar-refractivity contribution >= 4 is 17.4 Å². The molecule has 1 heterocycles. The number of benzene rings is 1. The van der Waals surface area contributed by atoms with Crippen LogP contribution in [0.1, 0.15) is 90.5 Å². The number of carbonyl (C=O) groups is 2. The number of nitrogens with one attached hydrogen (secondary N) is 1. The SMILES string of the molecule is CCOc1cc([C@@H]2C(C(=O)OC3CCCCCC3)=C(C)NC3=C2C(=O)CC(C)(C)C3)cc([N+](=O)[O-])c1O. The minimum absolute atomic E-state index is 0.0647. The lowest BCUT2D eigenvalue weighted by Gasteiger charge is -2.39. The summed E-state index contributed by atoms with van der Waals surface area (Å²) in [5, 5.41) is 25.6. The van der Waals surface area contributed by atoms with E-state index in [9.17, 15) is 24.8 Å². The molecule has 1 fully saturated rings. The van der Waals surface area contributed by atoms with Gasteiger partial charge in [0.15, 0.2) is 11.5 Å². The number of nitro groups is 1. The highest BCUT2D eigenvalue weighted by molar-refractivity contribution is 6.04. The van der Waals surface area contributed by atoms with Crippen molar-refractivity contribution in [3.8, 4) is 11.5 Å². The smallest absolute Gasteiger partial charge is 0.337 e. The molecule has 1 saturated carbocycles. The normalized spacial score (nSPS) is 22.2. The fourth-order valence-electron chi connectivity index (χ4n) is 5.80. The van der Waals surface area contributed by atoms with Gasteiger partial charge in [0, 0.05) is 35.4 Å². The van der Waals surface area contributed by atoms with E-state index >= 15 is 0 Å². The number of carbonyl (C=O) groups excluding carboxylic acids is 2. The molecule has 0 aromatic heterocycles. The zero-order valence-electron chi connectivity index (χ0n) is 22.0. The first-order valence-electron chi connectivity index (χ1n) is 13.1. The Balaban J connectivity index is 1.86. The second-order valence-corrected chi connectivity index (χ2v) is 11.0. The molecule has 1 aromatic carbocycles. The highest BCUT2D eigenvalue weighted by Gasteiger charge is 2.44. The molecule has 0 saturated heterocycles. The Morgan fingerprint density at radius 3 is 2.49 bits per heavy atom. The van der Waals surface area contributed by atoms with Gasteiger partial charge in [0.05, 0.1) is 17.1 Å². The van der Waals surface area contributed by atoms with Gasteiger partial charge in [0.1, 0.15) is 6.10 Å². The van der Waals surface area contributed by atoms with Crippen LogP contribution in [-0.2, 0) is 14.3 Å². The molecule has 0 spiro atoms. The lowest BCUT2D eigenvalue weighted by Crippen LogP contribution is -2.39. The Bertz CT molecular complexity index is 1170. The van der Waals surface area contributed by atoms with Crippen molar-refractivity contribution in [2.24, 2.45) is 5.41 Å². The summed E-state index contributed by atoms with van der Waals surface area (Å²) >= 11 is 0. The van der Waals surface area contributed by atoms with E-state index in [0.717, 1.165) is 38.5 Å². The third-order valence-corrected chi connectivity index (χ3v) is 7.44. The van der Waals surface area contributed by atoms with Crippen LogP contribution in [0.15, 0.2) is 34.7 Å². The number of Topliss-reactive ketones (excluding diaryl/α,β-unsaturated/α-hetero) is 1. The Morgan fingerprint density at radius 2 is 1.86 bits per heavy atom. The number of allylic oxidation sites excluding steroid dienone is 3. The average Bonchev–Trinajstić information content (AvgIpc) is 3.07. The number of nitro benzene ring substituents is 1. The summed E-state index contributed by atoms with van der Waals surface area (Å²) < 4.78 is 11.5. The molecule has 0 bridgehead atoms. The van der Waals surface area contributed by atoms with Crippen molar-refractivity contribution < 1.29 is 29.1 Å². The average molecular weight is 513 g/mol. The fraction of sp³-hybridized carbons (Fsp3) is 0.571. The van der Waals surface area contributed by atoms with Crippen molar-refractivity contribution in [1.82, 2.24) is 5.32 Å². The number of esters is 1. The van der Waals surface area contributed by atoms with Crippen LogP contribution in [-0.4, -0.2) is 34.5 Å². The molecule has 0 unspecified atom stereocenters. The number of dihydropyridines is 1. The molecule has 1 atom stereocenters. The van der Waals surface area contributed by atoms with Crippen LogP contribution in [0.25, 0.3) is 0 Å². The molecule has 0 amide bonds. The van der Waals surface area contributed by atoms with E-state index in [1.807, 2.05) is 13.8 Å². The van der Waals surface area contributed by atoms with E-state index in [1.54, 1.807) is 13.8 Å². The summed E-state index contributed by atoms with van der Waals surface area (Å²) in [6.07, 6.45) is 6.44. The molecule has 9 nitrogen and oxygen atoms in total. The summed E-state index contributed by atoms with van der Waals surface area (Å²) in [6, 6.07) is 2.73. The molecule has 37 heavy (non-hydrogen) atoms. The first kappa shape index (κ1) is 26.7. The summed E-state index contributed by atoms with van der Waals surface area (Å²) in [7, 11) is 0. The predicted octanol–water partition coefficient (Wildman–Crippen LogP) is 5.57. The van der Waals surface area contributed by atoms with Gasteiger partial charge in [-0.2, -0.15) is 0 Å². The van der Waals surface area contributed by atoms with E-state index < -0.39 is 28.2 Å². The van der Waals surface area contributed by atoms with Crippen LogP contribution in [0.5, 0.6) is 11.5 Å². The number of phenolic OH excluding ortho intramolecular Hbond substituents is 1. The topological polar surface area (TPSA) is 128 Å². The number of aromatic hydroxyl groups is 1. The van der Waals surface area contributed by atoms with Crippen LogP contribution in [0.2, 0.25) is 0 Å². The lowest BCUT2D eigenvalue weighted by atomic mass is 9.68. The summed E-state index contributed by atoms with van der Waals surface area (Å²) in [6.45, 7) is 7.67. The van der Waals surface area contributed by atoms with Crippen LogP contribution >= 0.6 is 0 Å². The van der Waals surface area contributed by atoms with Gasteiger partial charge in [0.25, 0.3) is 0 Å². The molecule has 2 N–H and O–H groups in total. The molecule has 0 radical (unpaired) electrons. The van der Waals surface area contributed by atoms with Gasteiger partial charge < -0.3 is 19.9 Å². The van der Waals surface area contributed by atoms with Crippen LogP contribution in [0, 0.1) is 15.5 Å². The third-order valence-electron chi connectivity index (χ3n) is 7.44. The van der Waals surface area contributed by atoms with Gasteiger partial charge in [-0.15, -0.1) is 0 Å². The van der Waals surface area contributed by atoms with Gasteiger partial charge in [-0.05, 0) is 63.0 Å². The monoisotopic (exact) mass is 512 g/mol. The van der Waals surface area contributed by atoms with Crippen molar-refractivity contribution in [2.45, 2.75) is 91.1 Å². The number of nitrogens with zero attached hydrogens (tertiary/aromatic N) is 1. The van der Waals surface area contributed by atoms with Gasteiger partial charge in [0.2, 0.25) is 5.75 Å². The summed E-state index contributed by atoms with van der Waals surface area (Å²) in [5.74, 6) is -2.18. The van der Waals surface area contributed by atoms with E-state index in [0.29, 0.717) is 29.0 Å². The molecule has 1 aromatic rings. The molecule has 1 aliphatic heterocycles. The van der Waals surface area contributed by atoms with Gasteiger partial charge in [-0.25, -0.2) is 4.79 Å². The maximum Gasteiger partial charge on any atom is 0.337 e. The van der Waals surface area contributed by atoms with Crippen LogP contribution < -0.4 is 10.1 Å². The van der Waals surface area contributed by atoms with Crippen molar-refractivity contribution in [2.75, 3.05) is 6.61 Å². The van der Waals surface area contributed by atoms with Gasteiger partial charge in [-0.1, -0.05) is 26.7 Å². The van der Waals surface area contributed by atoms with Crippen molar-refractivity contribution in [3.63, 3.8) is 0 Å². The fourth-order valence-corrected chi connectivity index (χ4v) is 5.80. The Kier molecular flexibility index (Phi) is 7.62. The van der Waals surface area contributed by atoms with E-state index in [4.69, 9.17) is 9.47 Å². The van der Waals surface area contributed by atoms with Crippen molar-refractivity contribution in [3.05, 3.63) is 50.4 Å². The number of hydrogen-bond acceptors (Lipinski definition) is 8. The number of hydrogen-bond donors (Lipinski definition) is 2. The first-order chi connectivity index (χ1) is 17.5. The number of phenols is 1. The number of rotatable bonds is 6.